The van der Waals surface area contributed by atoms with Crippen LogP contribution >= 0.6 is 12.6 Å². The number of phenolic OH excluding ortho intramolecular Hbond substituents is 1. The van der Waals surface area contributed by atoms with Crippen molar-refractivity contribution >= 4 is 24.2 Å². The molecule has 17 heavy (non-hydrogen) atoms. The molecule has 2 rings (SSSR count). The van der Waals surface area contributed by atoms with E-state index in [1.165, 1.54) is 6.07 Å². The molecule has 1 saturated heterocycles. The molecule has 0 bridgehead atoms. The molecule has 1 N–H and O–H groups in total. The summed E-state index contributed by atoms with van der Waals surface area (Å²) >= 11 is 4.21. The van der Waals surface area contributed by atoms with Crippen LogP contribution in [0.15, 0.2) is 18.2 Å². The number of rotatable bonds is 3. The topological polar surface area (TPSA) is 49.8 Å². The van der Waals surface area contributed by atoms with Crippen LogP contribution in [0.1, 0.15) is 6.42 Å². The summed E-state index contributed by atoms with van der Waals surface area (Å²) in [4.78, 5) is 13.4. The molecule has 5 heteroatoms. The van der Waals surface area contributed by atoms with Gasteiger partial charge >= 0.3 is 0 Å². The summed E-state index contributed by atoms with van der Waals surface area (Å²) in [5.74, 6) is 1.66. The average molecular weight is 253 g/mol. The average Bonchev–Trinajstić information content (AvgIpc) is 2.71. The van der Waals surface area contributed by atoms with Crippen molar-refractivity contribution in [2.75, 3.05) is 24.3 Å². The standard InChI is InChI=1S/C12H15NO3S/c1-16-9-2-3-11(14)10(5-9)13-6-8(7-17)4-12(13)15/h2-3,5,8,14,17H,4,6-7H2,1H3. The Labute approximate surface area is 106 Å². The Morgan fingerprint density at radius 2 is 2.35 bits per heavy atom. The number of amides is 1. The van der Waals surface area contributed by atoms with E-state index in [1.54, 1.807) is 24.1 Å². The first-order valence-electron chi connectivity index (χ1n) is 5.44. The highest BCUT2D eigenvalue weighted by Crippen LogP contribution is 2.35. The Bertz CT molecular complexity index is 436. The zero-order chi connectivity index (χ0) is 12.4. The van der Waals surface area contributed by atoms with Crippen LogP contribution in [0.3, 0.4) is 0 Å². The van der Waals surface area contributed by atoms with Crippen LogP contribution in [-0.2, 0) is 4.79 Å². The quantitative estimate of drug-likeness (QED) is 0.806. The number of methoxy groups -OCH3 is 1. The molecule has 0 radical (unpaired) electrons. The maximum absolute atomic E-state index is 11.8. The van der Waals surface area contributed by atoms with Crippen LogP contribution in [0.4, 0.5) is 5.69 Å². The minimum Gasteiger partial charge on any atom is -0.506 e. The van der Waals surface area contributed by atoms with Crippen molar-refractivity contribution in [3.05, 3.63) is 18.2 Å². The molecule has 1 aromatic rings. The van der Waals surface area contributed by atoms with Crippen molar-refractivity contribution in [3.63, 3.8) is 0 Å². The first-order valence-corrected chi connectivity index (χ1v) is 6.07. The second kappa shape index (κ2) is 4.87. The number of nitrogens with zero attached hydrogens (tertiary/aromatic N) is 1. The summed E-state index contributed by atoms with van der Waals surface area (Å²) < 4.78 is 5.09. The Morgan fingerprint density at radius 1 is 1.59 bits per heavy atom. The number of thiol groups is 1. The summed E-state index contributed by atoms with van der Waals surface area (Å²) in [6.45, 7) is 0.600. The molecule has 1 amide bonds. The van der Waals surface area contributed by atoms with Crippen molar-refractivity contribution in [2.24, 2.45) is 5.92 Å². The van der Waals surface area contributed by atoms with Crippen molar-refractivity contribution in [2.45, 2.75) is 6.42 Å². The van der Waals surface area contributed by atoms with Gasteiger partial charge in [0.05, 0.1) is 12.8 Å². The molecule has 0 aliphatic carbocycles. The number of phenols is 1. The molecule has 1 heterocycles. The highest BCUT2D eigenvalue weighted by Gasteiger charge is 2.31. The van der Waals surface area contributed by atoms with E-state index in [9.17, 15) is 9.90 Å². The number of ether oxygens (including phenoxy) is 1. The van der Waals surface area contributed by atoms with Crippen molar-refractivity contribution in [3.8, 4) is 11.5 Å². The number of anilines is 1. The van der Waals surface area contributed by atoms with Crippen LogP contribution in [0, 0.1) is 5.92 Å². The van der Waals surface area contributed by atoms with Crippen LogP contribution in [0.5, 0.6) is 11.5 Å². The maximum Gasteiger partial charge on any atom is 0.227 e. The van der Waals surface area contributed by atoms with E-state index >= 15 is 0 Å². The molecule has 0 saturated carbocycles. The monoisotopic (exact) mass is 253 g/mol. The molecule has 1 atom stereocenters. The van der Waals surface area contributed by atoms with Gasteiger partial charge < -0.3 is 14.7 Å². The Balaban J connectivity index is 2.30. The van der Waals surface area contributed by atoms with E-state index in [0.29, 0.717) is 30.2 Å². The molecular formula is C12H15NO3S. The van der Waals surface area contributed by atoms with Gasteiger partial charge in [0.25, 0.3) is 0 Å². The lowest BCUT2D eigenvalue weighted by molar-refractivity contribution is -0.117. The highest BCUT2D eigenvalue weighted by molar-refractivity contribution is 7.80. The lowest BCUT2D eigenvalue weighted by Gasteiger charge is -2.18. The first kappa shape index (κ1) is 12.1. The molecule has 0 aromatic heterocycles. The third-order valence-corrected chi connectivity index (χ3v) is 3.45. The van der Waals surface area contributed by atoms with E-state index < -0.39 is 0 Å². The van der Waals surface area contributed by atoms with Crippen molar-refractivity contribution in [1.82, 2.24) is 0 Å². The van der Waals surface area contributed by atoms with Gasteiger partial charge in [-0.15, -0.1) is 0 Å². The number of carbonyl (C=O) groups is 1. The third-order valence-electron chi connectivity index (χ3n) is 2.94. The van der Waals surface area contributed by atoms with E-state index in [-0.39, 0.29) is 17.6 Å². The van der Waals surface area contributed by atoms with E-state index in [4.69, 9.17) is 4.74 Å². The minimum atomic E-state index is 0.0209. The van der Waals surface area contributed by atoms with E-state index in [0.717, 1.165) is 0 Å². The normalized spacial score (nSPS) is 19.8. The lowest BCUT2D eigenvalue weighted by Crippen LogP contribution is -2.24. The van der Waals surface area contributed by atoms with Crippen molar-refractivity contribution < 1.29 is 14.6 Å². The second-order valence-electron chi connectivity index (χ2n) is 4.11. The Hall–Kier alpha value is -1.36. The van der Waals surface area contributed by atoms with Gasteiger partial charge in [-0.2, -0.15) is 12.6 Å². The van der Waals surface area contributed by atoms with E-state index in [2.05, 4.69) is 12.6 Å². The predicted molar refractivity (Wildman–Crippen MR) is 69.0 cm³/mol. The molecule has 1 aliphatic rings. The molecule has 1 aromatic carbocycles. The fourth-order valence-electron chi connectivity index (χ4n) is 1.98. The predicted octanol–water partition coefficient (Wildman–Crippen LogP) is 1.68. The Morgan fingerprint density at radius 3 is 2.94 bits per heavy atom. The summed E-state index contributed by atoms with van der Waals surface area (Å²) in [7, 11) is 1.55. The highest BCUT2D eigenvalue weighted by atomic mass is 32.1. The number of hydrogen-bond donors (Lipinski definition) is 2. The summed E-state index contributed by atoms with van der Waals surface area (Å²) in [5.41, 5.74) is 0.513. The van der Waals surface area contributed by atoms with Gasteiger partial charge in [-0.05, 0) is 23.8 Å². The third kappa shape index (κ3) is 2.34. The fraction of sp³-hybridized carbons (Fsp3) is 0.417. The lowest BCUT2D eigenvalue weighted by atomic mass is 10.1. The molecule has 92 valence electrons. The fourth-order valence-corrected chi connectivity index (χ4v) is 2.23. The second-order valence-corrected chi connectivity index (χ2v) is 4.48. The largest absolute Gasteiger partial charge is 0.506 e. The van der Waals surface area contributed by atoms with Gasteiger partial charge in [-0.3, -0.25) is 4.79 Å². The van der Waals surface area contributed by atoms with Crippen LogP contribution in [0.2, 0.25) is 0 Å². The van der Waals surface area contributed by atoms with Crippen LogP contribution in [0.25, 0.3) is 0 Å². The van der Waals surface area contributed by atoms with Gasteiger partial charge in [0.1, 0.15) is 11.5 Å². The number of hydrogen-bond acceptors (Lipinski definition) is 4. The molecular weight excluding hydrogens is 238 g/mol. The number of aromatic hydroxyl groups is 1. The summed E-state index contributed by atoms with van der Waals surface area (Å²) in [6, 6.07) is 4.87. The first-order chi connectivity index (χ1) is 8.15. The Kier molecular flexibility index (Phi) is 3.47. The number of benzene rings is 1. The van der Waals surface area contributed by atoms with Gasteiger partial charge in [-0.25, -0.2) is 0 Å². The molecule has 4 nitrogen and oxygen atoms in total. The molecule has 0 spiro atoms. The summed E-state index contributed by atoms with van der Waals surface area (Å²) in [5, 5.41) is 9.80. The maximum atomic E-state index is 11.8. The van der Waals surface area contributed by atoms with Gasteiger partial charge in [-0.1, -0.05) is 0 Å². The molecule has 1 unspecified atom stereocenters. The van der Waals surface area contributed by atoms with Gasteiger partial charge in [0.2, 0.25) is 5.91 Å². The zero-order valence-electron chi connectivity index (χ0n) is 9.59. The van der Waals surface area contributed by atoms with Gasteiger partial charge in [0, 0.05) is 19.0 Å². The smallest absolute Gasteiger partial charge is 0.227 e. The summed E-state index contributed by atoms with van der Waals surface area (Å²) in [6.07, 6.45) is 0.486. The van der Waals surface area contributed by atoms with Crippen LogP contribution < -0.4 is 9.64 Å². The van der Waals surface area contributed by atoms with Gasteiger partial charge in [0.15, 0.2) is 0 Å². The van der Waals surface area contributed by atoms with Crippen LogP contribution in [-0.4, -0.2) is 30.4 Å². The van der Waals surface area contributed by atoms with Crippen molar-refractivity contribution in [1.29, 1.82) is 0 Å². The minimum absolute atomic E-state index is 0.0209. The molecule has 1 fully saturated rings. The molecule has 1 aliphatic heterocycles. The number of carbonyl (C=O) groups excluding carboxylic acids is 1. The zero-order valence-corrected chi connectivity index (χ0v) is 10.5. The SMILES string of the molecule is COc1ccc(O)c(N2CC(CS)CC2=O)c1. The van der Waals surface area contributed by atoms with E-state index in [1.807, 2.05) is 0 Å².